The highest BCUT2D eigenvalue weighted by atomic mass is 127. The first-order chi connectivity index (χ1) is 11.6. The Labute approximate surface area is 172 Å². The van der Waals surface area contributed by atoms with Gasteiger partial charge in [0.2, 0.25) is 0 Å². The van der Waals surface area contributed by atoms with Crippen molar-refractivity contribution in [3.63, 3.8) is 0 Å². The van der Waals surface area contributed by atoms with E-state index in [0.717, 1.165) is 64.9 Å². The Kier molecular flexibility index (Phi) is 10.6. The largest absolute Gasteiger partial charge is 0.357 e. The summed E-state index contributed by atoms with van der Waals surface area (Å²) in [7, 11) is 4.44. The second-order valence-electron chi connectivity index (χ2n) is 7.20. The van der Waals surface area contributed by atoms with Gasteiger partial charge < -0.3 is 15.1 Å². The topological polar surface area (TPSA) is 37.4 Å². The number of halogens is 1. The number of hydrogen-bond acceptors (Lipinski definition) is 4. The summed E-state index contributed by atoms with van der Waals surface area (Å²) in [6, 6.07) is 1.20. The second kappa shape index (κ2) is 11.6. The van der Waals surface area contributed by atoms with E-state index in [1.807, 2.05) is 0 Å². The lowest BCUT2D eigenvalue weighted by molar-refractivity contribution is 0.119. The van der Waals surface area contributed by atoms with E-state index in [0.29, 0.717) is 12.1 Å². The maximum absolute atomic E-state index is 4.99. The number of aliphatic imine (C=N–C) groups is 1. The van der Waals surface area contributed by atoms with Gasteiger partial charge in [-0.25, -0.2) is 0 Å². The lowest BCUT2D eigenvalue weighted by Gasteiger charge is -2.37. The van der Waals surface area contributed by atoms with Crippen LogP contribution in [0, 0.1) is 0 Å². The van der Waals surface area contributed by atoms with Gasteiger partial charge >= 0.3 is 0 Å². The van der Waals surface area contributed by atoms with E-state index in [-0.39, 0.29) is 24.0 Å². The average molecular weight is 466 g/mol. The molecular weight excluding hydrogens is 427 g/mol. The van der Waals surface area contributed by atoms with E-state index >= 15 is 0 Å². The zero-order valence-corrected chi connectivity index (χ0v) is 19.2. The van der Waals surface area contributed by atoms with Crippen LogP contribution in [0.3, 0.4) is 0 Å². The highest BCUT2D eigenvalue weighted by Gasteiger charge is 2.28. The molecule has 0 saturated carbocycles. The monoisotopic (exact) mass is 466 g/mol. The molecule has 0 aromatic heterocycles. The van der Waals surface area contributed by atoms with Gasteiger partial charge in [-0.3, -0.25) is 14.8 Å². The molecule has 0 spiro atoms. The van der Waals surface area contributed by atoms with Crippen LogP contribution in [-0.2, 0) is 0 Å². The summed E-state index contributed by atoms with van der Waals surface area (Å²) < 4.78 is 0. The van der Waals surface area contributed by atoms with Gasteiger partial charge in [0.05, 0.1) is 6.54 Å². The van der Waals surface area contributed by atoms with Crippen LogP contribution in [0.2, 0.25) is 0 Å². The Morgan fingerprint density at radius 3 is 2.44 bits per heavy atom. The molecule has 2 aliphatic rings. The molecule has 0 aliphatic carbocycles. The molecule has 6 nitrogen and oxygen atoms in total. The molecule has 0 aromatic rings. The number of likely N-dealkylation sites (tertiary alicyclic amines) is 1. The van der Waals surface area contributed by atoms with Crippen LogP contribution in [0.5, 0.6) is 0 Å². The standard InChI is InChI=1S/C18H38N6.HI/c1-6-19-18(20-13-17-14-21(4)11-12-22(17)5)24-10-9-16(15-24)23(7-2)8-3;/h16-17H,6-15H2,1-5H3,(H,19,20);1H. The minimum atomic E-state index is 0. The highest BCUT2D eigenvalue weighted by molar-refractivity contribution is 14.0. The molecule has 148 valence electrons. The lowest BCUT2D eigenvalue weighted by Crippen LogP contribution is -2.52. The predicted octanol–water partition coefficient (Wildman–Crippen LogP) is 1.23. The Hall–Kier alpha value is -0.120. The fourth-order valence-electron chi connectivity index (χ4n) is 3.89. The number of rotatable bonds is 6. The molecule has 0 radical (unpaired) electrons. The lowest BCUT2D eigenvalue weighted by atomic mass is 10.2. The summed E-state index contributed by atoms with van der Waals surface area (Å²) in [4.78, 5) is 14.9. The third-order valence-corrected chi connectivity index (χ3v) is 5.56. The number of nitrogens with one attached hydrogen (secondary N) is 1. The van der Waals surface area contributed by atoms with Crippen molar-refractivity contribution >= 4 is 29.9 Å². The van der Waals surface area contributed by atoms with E-state index in [1.165, 1.54) is 6.42 Å². The molecule has 2 aliphatic heterocycles. The first-order valence-electron chi connectivity index (χ1n) is 9.75. The van der Waals surface area contributed by atoms with Crippen LogP contribution in [0.15, 0.2) is 4.99 Å². The zero-order valence-electron chi connectivity index (χ0n) is 16.9. The first-order valence-corrected chi connectivity index (χ1v) is 9.75. The minimum Gasteiger partial charge on any atom is -0.357 e. The van der Waals surface area contributed by atoms with Crippen molar-refractivity contribution in [1.29, 1.82) is 0 Å². The molecule has 0 amide bonds. The van der Waals surface area contributed by atoms with Crippen molar-refractivity contribution in [2.24, 2.45) is 4.99 Å². The van der Waals surface area contributed by atoms with Gasteiger partial charge in [-0.05, 0) is 40.5 Å². The summed E-state index contributed by atoms with van der Waals surface area (Å²) in [6.45, 7) is 16.4. The number of likely N-dealkylation sites (N-methyl/N-ethyl adjacent to an activating group) is 3. The van der Waals surface area contributed by atoms with Gasteiger partial charge in [0.25, 0.3) is 0 Å². The summed E-state index contributed by atoms with van der Waals surface area (Å²) >= 11 is 0. The van der Waals surface area contributed by atoms with Crippen molar-refractivity contribution in [2.45, 2.75) is 39.3 Å². The minimum absolute atomic E-state index is 0. The number of guanidine groups is 1. The first kappa shape index (κ1) is 22.9. The van der Waals surface area contributed by atoms with Crippen LogP contribution >= 0.6 is 24.0 Å². The van der Waals surface area contributed by atoms with Crippen LogP contribution in [0.1, 0.15) is 27.2 Å². The fraction of sp³-hybridized carbons (Fsp3) is 0.944. The number of nitrogens with zero attached hydrogens (tertiary/aromatic N) is 5. The number of hydrogen-bond donors (Lipinski definition) is 1. The fourth-order valence-corrected chi connectivity index (χ4v) is 3.89. The molecule has 1 N–H and O–H groups in total. The van der Waals surface area contributed by atoms with Crippen molar-refractivity contribution < 1.29 is 0 Å². The molecule has 2 saturated heterocycles. The summed E-state index contributed by atoms with van der Waals surface area (Å²) in [5.41, 5.74) is 0. The highest BCUT2D eigenvalue weighted by Crippen LogP contribution is 2.16. The average Bonchev–Trinajstić information content (AvgIpc) is 3.05. The van der Waals surface area contributed by atoms with E-state index in [4.69, 9.17) is 4.99 Å². The van der Waals surface area contributed by atoms with Gasteiger partial charge in [-0.15, -0.1) is 24.0 Å². The van der Waals surface area contributed by atoms with Gasteiger partial charge in [0.15, 0.2) is 5.96 Å². The van der Waals surface area contributed by atoms with Crippen LogP contribution in [-0.4, -0.2) is 111 Å². The van der Waals surface area contributed by atoms with Gasteiger partial charge in [0, 0.05) is 51.4 Å². The van der Waals surface area contributed by atoms with Crippen molar-refractivity contribution in [3.05, 3.63) is 0 Å². The van der Waals surface area contributed by atoms with Crippen molar-refractivity contribution in [2.75, 3.05) is 73.0 Å². The Bertz CT molecular complexity index is 401. The van der Waals surface area contributed by atoms with Gasteiger partial charge in [-0.2, -0.15) is 0 Å². The molecule has 7 heteroatoms. The Morgan fingerprint density at radius 2 is 1.80 bits per heavy atom. The molecule has 2 atom stereocenters. The van der Waals surface area contributed by atoms with Crippen LogP contribution < -0.4 is 5.32 Å². The number of piperazine rings is 1. The maximum Gasteiger partial charge on any atom is 0.194 e. The molecule has 2 fully saturated rings. The summed E-state index contributed by atoms with van der Waals surface area (Å²) in [6.07, 6.45) is 1.25. The Balaban J connectivity index is 0.00000312. The normalized spacial score (nSPS) is 26.2. The molecule has 2 unspecified atom stereocenters. The van der Waals surface area contributed by atoms with Crippen LogP contribution in [0.4, 0.5) is 0 Å². The third-order valence-electron chi connectivity index (χ3n) is 5.56. The van der Waals surface area contributed by atoms with Crippen molar-refractivity contribution in [3.8, 4) is 0 Å². The second-order valence-corrected chi connectivity index (χ2v) is 7.20. The molecule has 0 aromatic carbocycles. The molecule has 2 heterocycles. The van der Waals surface area contributed by atoms with E-state index < -0.39 is 0 Å². The third kappa shape index (κ3) is 6.52. The van der Waals surface area contributed by atoms with E-state index in [9.17, 15) is 0 Å². The van der Waals surface area contributed by atoms with Gasteiger partial charge in [-0.1, -0.05) is 13.8 Å². The van der Waals surface area contributed by atoms with E-state index in [1.54, 1.807) is 0 Å². The molecular formula is C18H39IN6. The molecule has 2 rings (SSSR count). The molecule has 0 bridgehead atoms. The van der Waals surface area contributed by atoms with Gasteiger partial charge in [0.1, 0.15) is 0 Å². The summed E-state index contributed by atoms with van der Waals surface area (Å²) in [5, 5.41) is 3.51. The Morgan fingerprint density at radius 1 is 1.08 bits per heavy atom. The zero-order chi connectivity index (χ0) is 17.5. The van der Waals surface area contributed by atoms with E-state index in [2.05, 4.69) is 59.8 Å². The van der Waals surface area contributed by atoms with Crippen LogP contribution in [0.25, 0.3) is 0 Å². The molecule has 25 heavy (non-hydrogen) atoms. The van der Waals surface area contributed by atoms with Crippen molar-refractivity contribution in [1.82, 2.24) is 24.9 Å². The maximum atomic E-state index is 4.99. The quantitative estimate of drug-likeness (QED) is 0.362. The summed E-state index contributed by atoms with van der Waals surface area (Å²) in [5.74, 6) is 1.11. The smallest absolute Gasteiger partial charge is 0.194 e. The SMILES string of the molecule is CCNC(=NCC1CN(C)CCN1C)N1CCC(N(CC)CC)C1.I. The predicted molar refractivity (Wildman–Crippen MR) is 118 cm³/mol.